The molecule has 0 aliphatic heterocycles. The van der Waals surface area contributed by atoms with Crippen molar-refractivity contribution in [2.24, 2.45) is 11.8 Å². The van der Waals surface area contributed by atoms with Crippen LogP contribution in [-0.4, -0.2) is 15.6 Å². The van der Waals surface area contributed by atoms with E-state index < -0.39 is 0 Å². The molecule has 3 nitrogen and oxygen atoms in total. The highest BCUT2D eigenvalue weighted by Crippen LogP contribution is 2.29. The summed E-state index contributed by atoms with van der Waals surface area (Å²) in [6.45, 7) is 10.1. The fraction of sp³-hybridized carbons (Fsp3) is 0.800. The first-order valence-electron chi connectivity index (χ1n) is 7.32. The van der Waals surface area contributed by atoms with E-state index in [0.717, 1.165) is 18.4 Å². The number of hydrogen-bond donors (Lipinski definition) is 1. The summed E-state index contributed by atoms with van der Waals surface area (Å²) in [7, 11) is 0. The summed E-state index contributed by atoms with van der Waals surface area (Å²) in [4.78, 5) is 4.26. The van der Waals surface area contributed by atoms with Gasteiger partial charge in [-0.05, 0) is 44.9 Å². The quantitative estimate of drug-likeness (QED) is 0.886. The molecule has 1 aromatic heterocycles. The van der Waals surface area contributed by atoms with E-state index in [-0.39, 0.29) is 0 Å². The molecule has 1 aromatic rings. The molecule has 2 rings (SSSR count). The van der Waals surface area contributed by atoms with Gasteiger partial charge in [0.05, 0.1) is 12.0 Å². The van der Waals surface area contributed by atoms with Gasteiger partial charge in [0.2, 0.25) is 0 Å². The van der Waals surface area contributed by atoms with E-state index in [0.29, 0.717) is 12.1 Å². The van der Waals surface area contributed by atoms with Crippen LogP contribution in [0.15, 0.2) is 12.5 Å². The largest absolute Gasteiger partial charge is 0.331 e. The first-order chi connectivity index (χ1) is 8.58. The molecular weight excluding hydrogens is 222 g/mol. The Kier molecular flexibility index (Phi) is 4.44. The number of hydrogen-bond acceptors (Lipinski definition) is 2. The molecule has 3 atom stereocenters. The lowest BCUT2D eigenvalue weighted by Gasteiger charge is -2.32. The molecule has 3 heteroatoms. The summed E-state index contributed by atoms with van der Waals surface area (Å²) in [6, 6.07) is 1.18. The van der Waals surface area contributed by atoms with Crippen molar-refractivity contribution in [3.63, 3.8) is 0 Å². The van der Waals surface area contributed by atoms with Crippen LogP contribution in [0.2, 0.25) is 0 Å². The van der Waals surface area contributed by atoms with Gasteiger partial charge in [-0.1, -0.05) is 13.8 Å². The van der Waals surface area contributed by atoms with Crippen LogP contribution in [0.25, 0.3) is 0 Å². The first kappa shape index (κ1) is 13.6. The van der Waals surface area contributed by atoms with Crippen LogP contribution in [0.4, 0.5) is 0 Å². The summed E-state index contributed by atoms with van der Waals surface area (Å²) in [5.41, 5.74) is 1.30. The molecule has 0 saturated heterocycles. The Bertz CT molecular complexity index is 370. The topological polar surface area (TPSA) is 29.9 Å². The smallest absolute Gasteiger partial charge is 0.0951 e. The van der Waals surface area contributed by atoms with Crippen LogP contribution >= 0.6 is 0 Å². The average Bonchev–Trinajstić information content (AvgIpc) is 2.79. The van der Waals surface area contributed by atoms with Crippen molar-refractivity contribution in [2.45, 2.75) is 65.6 Å². The summed E-state index contributed by atoms with van der Waals surface area (Å²) >= 11 is 0. The highest BCUT2D eigenvalue weighted by atomic mass is 15.1. The lowest BCUT2D eigenvalue weighted by atomic mass is 9.79. The van der Waals surface area contributed by atoms with E-state index >= 15 is 0 Å². The Balaban J connectivity index is 1.86. The summed E-state index contributed by atoms with van der Waals surface area (Å²) < 4.78 is 2.25. The second kappa shape index (κ2) is 5.87. The standard InChI is InChI=1S/C15H27N3/c1-11(2)18-10-16-8-15(18)9-17-14-6-5-12(3)13(4)7-14/h8,10-14,17H,5-7,9H2,1-4H3. The molecule has 0 amide bonds. The third-order valence-electron chi connectivity index (χ3n) is 4.47. The first-order valence-corrected chi connectivity index (χ1v) is 7.32. The monoisotopic (exact) mass is 249 g/mol. The predicted octanol–water partition coefficient (Wildman–Crippen LogP) is 3.38. The zero-order valence-corrected chi connectivity index (χ0v) is 12.2. The molecule has 0 aromatic carbocycles. The van der Waals surface area contributed by atoms with E-state index in [1.165, 1.54) is 25.0 Å². The van der Waals surface area contributed by atoms with Gasteiger partial charge in [0.15, 0.2) is 0 Å². The molecule has 1 saturated carbocycles. The zero-order valence-electron chi connectivity index (χ0n) is 12.2. The molecule has 0 bridgehead atoms. The molecular formula is C15H27N3. The Morgan fingerprint density at radius 2 is 2.11 bits per heavy atom. The Hall–Kier alpha value is -0.830. The normalized spacial score (nSPS) is 28.8. The van der Waals surface area contributed by atoms with Gasteiger partial charge < -0.3 is 9.88 Å². The SMILES string of the molecule is CC1CCC(NCc2cncn2C(C)C)CC1C. The Morgan fingerprint density at radius 1 is 1.33 bits per heavy atom. The minimum absolute atomic E-state index is 0.495. The van der Waals surface area contributed by atoms with Crippen LogP contribution in [-0.2, 0) is 6.54 Å². The van der Waals surface area contributed by atoms with Crippen LogP contribution in [0.5, 0.6) is 0 Å². The number of nitrogens with one attached hydrogen (secondary N) is 1. The molecule has 1 aliphatic rings. The van der Waals surface area contributed by atoms with Gasteiger partial charge in [0, 0.05) is 24.8 Å². The second-order valence-electron chi connectivity index (χ2n) is 6.23. The van der Waals surface area contributed by atoms with Crippen LogP contribution in [0.3, 0.4) is 0 Å². The number of imidazole rings is 1. The van der Waals surface area contributed by atoms with Gasteiger partial charge in [0.1, 0.15) is 0 Å². The van der Waals surface area contributed by atoms with Crippen molar-refractivity contribution in [1.29, 1.82) is 0 Å². The highest BCUT2D eigenvalue weighted by Gasteiger charge is 2.24. The van der Waals surface area contributed by atoms with Gasteiger partial charge in [0.25, 0.3) is 0 Å². The van der Waals surface area contributed by atoms with Gasteiger partial charge in [-0.15, -0.1) is 0 Å². The Labute approximate surface area is 111 Å². The van der Waals surface area contributed by atoms with Gasteiger partial charge in [-0.25, -0.2) is 4.98 Å². The van der Waals surface area contributed by atoms with Crippen molar-refractivity contribution < 1.29 is 0 Å². The fourth-order valence-electron chi connectivity index (χ4n) is 2.92. The summed E-state index contributed by atoms with van der Waals surface area (Å²) in [6.07, 6.45) is 7.93. The lowest BCUT2D eigenvalue weighted by molar-refractivity contribution is 0.224. The van der Waals surface area contributed by atoms with Gasteiger partial charge in [-0.3, -0.25) is 0 Å². The molecule has 102 valence electrons. The van der Waals surface area contributed by atoms with E-state index in [1.54, 1.807) is 0 Å². The minimum Gasteiger partial charge on any atom is -0.331 e. The molecule has 1 aliphatic carbocycles. The molecule has 18 heavy (non-hydrogen) atoms. The minimum atomic E-state index is 0.495. The van der Waals surface area contributed by atoms with Crippen molar-refractivity contribution in [3.05, 3.63) is 18.2 Å². The third-order valence-corrected chi connectivity index (χ3v) is 4.47. The van der Waals surface area contributed by atoms with Crippen molar-refractivity contribution >= 4 is 0 Å². The average molecular weight is 249 g/mol. The van der Waals surface area contributed by atoms with E-state index in [4.69, 9.17) is 0 Å². The van der Waals surface area contributed by atoms with Crippen molar-refractivity contribution in [1.82, 2.24) is 14.9 Å². The molecule has 1 fully saturated rings. The maximum absolute atomic E-state index is 4.26. The molecule has 1 N–H and O–H groups in total. The van der Waals surface area contributed by atoms with Gasteiger partial charge in [-0.2, -0.15) is 0 Å². The van der Waals surface area contributed by atoms with Gasteiger partial charge >= 0.3 is 0 Å². The molecule has 0 radical (unpaired) electrons. The summed E-state index contributed by atoms with van der Waals surface area (Å²) in [5.74, 6) is 1.75. The van der Waals surface area contributed by atoms with Crippen molar-refractivity contribution in [2.75, 3.05) is 0 Å². The van der Waals surface area contributed by atoms with Crippen LogP contribution in [0.1, 0.15) is 58.7 Å². The van der Waals surface area contributed by atoms with E-state index in [9.17, 15) is 0 Å². The van der Waals surface area contributed by atoms with Crippen LogP contribution < -0.4 is 5.32 Å². The number of nitrogens with zero attached hydrogens (tertiary/aromatic N) is 2. The molecule has 0 spiro atoms. The lowest BCUT2D eigenvalue weighted by Crippen LogP contribution is -2.36. The maximum Gasteiger partial charge on any atom is 0.0951 e. The van der Waals surface area contributed by atoms with Crippen LogP contribution in [0, 0.1) is 11.8 Å². The number of aromatic nitrogens is 2. The fourth-order valence-corrected chi connectivity index (χ4v) is 2.92. The van der Waals surface area contributed by atoms with E-state index in [1.807, 2.05) is 12.5 Å². The maximum atomic E-state index is 4.26. The predicted molar refractivity (Wildman–Crippen MR) is 75.4 cm³/mol. The highest BCUT2D eigenvalue weighted by molar-refractivity contribution is 5.00. The second-order valence-corrected chi connectivity index (χ2v) is 6.23. The Morgan fingerprint density at radius 3 is 2.78 bits per heavy atom. The third kappa shape index (κ3) is 3.14. The zero-order chi connectivity index (χ0) is 13.1. The molecule has 3 unspecified atom stereocenters. The number of rotatable bonds is 4. The summed E-state index contributed by atoms with van der Waals surface area (Å²) in [5, 5.41) is 3.71. The molecule has 1 heterocycles. The van der Waals surface area contributed by atoms with Crippen molar-refractivity contribution in [3.8, 4) is 0 Å². The van der Waals surface area contributed by atoms with E-state index in [2.05, 4.69) is 42.6 Å².